The van der Waals surface area contributed by atoms with Crippen LogP contribution >= 0.6 is 43.6 Å². The molecule has 1 aromatic carbocycles. The van der Waals surface area contributed by atoms with Crippen LogP contribution in [0.1, 0.15) is 25.3 Å². The quantitative estimate of drug-likeness (QED) is 0.769. The summed E-state index contributed by atoms with van der Waals surface area (Å²) in [5.74, 6) is 3.44. The molecule has 0 radical (unpaired) electrons. The fraction of sp³-hybridized carbons (Fsp3) is 0.571. The van der Waals surface area contributed by atoms with E-state index in [1.54, 1.807) is 0 Å². The number of hydrogen-bond donors (Lipinski definition) is 1. The molecule has 106 valence electrons. The molecule has 0 aliphatic carbocycles. The lowest BCUT2D eigenvalue weighted by atomic mass is 10.1. The minimum Gasteiger partial charge on any atom is -0.492 e. The molecule has 1 aliphatic rings. The number of halogens is 2. The molecule has 1 fully saturated rings. The Bertz CT molecular complexity index is 399. The summed E-state index contributed by atoms with van der Waals surface area (Å²) in [6.45, 7) is 3.58. The average Bonchev–Trinajstić information content (AvgIpc) is 2.42. The number of thioether (sulfide) groups is 1. The second kappa shape index (κ2) is 7.91. The van der Waals surface area contributed by atoms with Gasteiger partial charge in [-0.15, -0.1) is 0 Å². The molecule has 0 saturated carbocycles. The predicted molar refractivity (Wildman–Crippen MR) is 90.2 cm³/mol. The van der Waals surface area contributed by atoms with Crippen molar-refractivity contribution < 1.29 is 4.74 Å². The Balaban J connectivity index is 1.96. The Hall–Kier alpha value is 0.290. The van der Waals surface area contributed by atoms with Crippen LogP contribution in [-0.2, 0) is 6.54 Å². The van der Waals surface area contributed by atoms with Gasteiger partial charge in [0.25, 0.3) is 0 Å². The number of ether oxygens (including phenoxy) is 1. The fourth-order valence-electron chi connectivity index (χ4n) is 2.16. The van der Waals surface area contributed by atoms with Crippen molar-refractivity contribution in [3.05, 3.63) is 26.6 Å². The topological polar surface area (TPSA) is 21.3 Å². The van der Waals surface area contributed by atoms with Crippen LogP contribution in [0.3, 0.4) is 0 Å². The second-order valence-electron chi connectivity index (χ2n) is 4.62. The summed E-state index contributed by atoms with van der Waals surface area (Å²) in [6, 6.07) is 4.93. The van der Waals surface area contributed by atoms with Crippen LogP contribution in [0.2, 0.25) is 0 Å². The van der Waals surface area contributed by atoms with Crippen molar-refractivity contribution in [3.8, 4) is 5.75 Å². The highest BCUT2D eigenvalue weighted by molar-refractivity contribution is 9.11. The Morgan fingerprint density at radius 2 is 2.11 bits per heavy atom. The van der Waals surface area contributed by atoms with Gasteiger partial charge in [0.15, 0.2) is 0 Å². The zero-order valence-electron chi connectivity index (χ0n) is 11.0. The lowest BCUT2D eigenvalue weighted by Crippen LogP contribution is -2.33. The minimum atomic E-state index is 0.655. The Morgan fingerprint density at radius 1 is 1.37 bits per heavy atom. The van der Waals surface area contributed by atoms with Crippen LogP contribution in [-0.4, -0.2) is 24.2 Å². The van der Waals surface area contributed by atoms with Crippen LogP contribution < -0.4 is 10.1 Å². The van der Waals surface area contributed by atoms with Gasteiger partial charge >= 0.3 is 0 Å². The second-order valence-corrected chi connectivity index (χ2v) is 7.48. The number of rotatable bonds is 5. The lowest BCUT2D eigenvalue weighted by Gasteiger charge is -2.22. The first kappa shape index (κ1) is 15.7. The Labute approximate surface area is 136 Å². The highest BCUT2D eigenvalue weighted by atomic mass is 79.9. The molecule has 1 atom stereocenters. The van der Waals surface area contributed by atoms with Crippen molar-refractivity contribution in [2.24, 2.45) is 0 Å². The van der Waals surface area contributed by atoms with Crippen LogP contribution in [0.25, 0.3) is 0 Å². The summed E-state index contributed by atoms with van der Waals surface area (Å²) < 4.78 is 7.62. The highest BCUT2D eigenvalue weighted by Gasteiger charge is 2.14. The van der Waals surface area contributed by atoms with Gasteiger partial charge in [0, 0.05) is 18.3 Å². The van der Waals surface area contributed by atoms with Crippen LogP contribution in [0.15, 0.2) is 21.1 Å². The molecule has 0 amide bonds. The molecule has 1 aliphatic heterocycles. The normalized spacial score (nSPS) is 19.4. The van der Waals surface area contributed by atoms with E-state index in [0.29, 0.717) is 12.6 Å². The highest BCUT2D eigenvalue weighted by Crippen LogP contribution is 2.34. The van der Waals surface area contributed by atoms with Gasteiger partial charge in [-0.05, 0) is 75.1 Å². The van der Waals surface area contributed by atoms with Gasteiger partial charge in [-0.1, -0.05) is 0 Å². The molecule has 0 aromatic heterocycles. The van der Waals surface area contributed by atoms with Gasteiger partial charge in [0.05, 0.1) is 15.6 Å². The molecule has 1 unspecified atom stereocenters. The minimum absolute atomic E-state index is 0.655. The standard InChI is InChI=1S/C14H19Br2NOS/c1-2-18-14-12(15)6-10(7-13(14)16)8-17-11-4-3-5-19-9-11/h6-7,11,17H,2-5,8-9H2,1H3. The van der Waals surface area contributed by atoms with Crippen molar-refractivity contribution in [1.82, 2.24) is 5.32 Å². The largest absolute Gasteiger partial charge is 0.492 e. The molecule has 2 rings (SSSR count). The van der Waals surface area contributed by atoms with Crippen LogP contribution in [0.4, 0.5) is 0 Å². The van der Waals surface area contributed by atoms with E-state index < -0.39 is 0 Å². The third-order valence-electron chi connectivity index (χ3n) is 3.10. The summed E-state index contributed by atoms with van der Waals surface area (Å²) in [6.07, 6.45) is 2.63. The summed E-state index contributed by atoms with van der Waals surface area (Å²) in [7, 11) is 0. The summed E-state index contributed by atoms with van der Waals surface area (Å²) in [5.41, 5.74) is 1.28. The number of benzene rings is 1. The maximum Gasteiger partial charge on any atom is 0.147 e. The molecule has 19 heavy (non-hydrogen) atoms. The SMILES string of the molecule is CCOc1c(Br)cc(CNC2CCCSC2)cc1Br. The summed E-state index contributed by atoms with van der Waals surface area (Å²) in [4.78, 5) is 0. The molecule has 1 aromatic rings. The Morgan fingerprint density at radius 3 is 2.68 bits per heavy atom. The first-order valence-electron chi connectivity index (χ1n) is 6.62. The lowest BCUT2D eigenvalue weighted by molar-refractivity contribution is 0.336. The summed E-state index contributed by atoms with van der Waals surface area (Å²) >= 11 is 9.21. The molecule has 1 saturated heterocycles. The first-order chi connectivity index (χ1) is 9.20. The van der Waals surface area contributed by atoms with E-state index in [4.69, 9.17) is 4.74 Å². The van der Waals surface area contributed by atoms with Gasteiger partial charge in [-0.2, -0.15) is 11.8 Å². The van der Waals surface area contributed by atoms with Gasteiger partial charge in [0.2, 0.25) is 0 Å². The van der Waals surface area contributed by atoms with Crippen LogP contribution in [0, 0.1) is 0 Å². The zero-order chi connectivity index (χ0) is 13.7. The van der Waals surface area contributed by atoms with E-state index in [2.05, 4.69) is 61.1 Å². The monoisotopic (exact) mass is 407 g/mol. The van der Waals surface area contributed by atoms with E-state index in [0.717, 1.165) is 21.2 Å². The zero-order valence-corrected chi connectivity index (χ0v) is 15.0. The van der Waals surface area contributed by atoms with Crippen molar-refractivity contribution in [2.45, 2.75) is 32.4 Å². The fourth-order valence-corrected chi connectivity index (χ4v) is 4.78. The molecule has 0 bridgehead atoms. The van der Waals surface area contributed by atoms with Crippen LogP contribution in [0.5, 0.6) is 5.75 Å². The smallest absolute Gasteiger partial charge is 0.147 e. The average molecular weight is 409 g/mol. The van der Waals surface area contributed by atoms with Gasteiger partial charge < -0.3 is 10.1 Å². The van der Waals surface area contributed by atoms with Gasteiger partial charge in [-0.3, -0.25) is 0 Å². The molecular formula is C14H19Br2NOS. The molecule has 1 heterocycles. The Kier molecular flexibility index (Phi) is 6.53. The maximum absolute atomic E-state index is 5.60. The molecule has 5 heteroatoms. The number of hydrogen-bond acceptors (Lipinski definition) is 3. The third-order valence-corrected chi connectivity index (χ3v) is 5.50. The van der Waals surface area contributed by atoms with E-state index in [1.165, 1.54) is 29.9 Å². The molecular weight excluding hydrogens is 390 g/mol. The van der Waals surface area contributed by atoms with Gasteiger partial charge in [0.1, 0.15) is 5.75 Å². The molecule has 0 spiro atoms. The van der Waals surface area contributed by atoms with Crippen molar-refractivity contribution in [2.75, 3.05) is 18.1 Å². The van der Waals surface area contributed by atoms with E-state index in [1.807, 2.05) is 6.92 Å². The van der Waals surface area contributed by atoms with E-state index in [9.17, 15) is 0 Å². The summed E-state index contributed by atoms with van der Waals surface area (Å²) in [5, 5.41) is 3.64. The first-order valence-corrected chi connectivity index (χ1v) is 9.36. The van der Waals surface area contributed by atoms with Crippen molar-refractivity contribution >= 4 is 43.6 Å². The number of nitrogens with one attached hydrogen (secondary N) is 1. The van der Waals surface area contributed by atoms with Crippen molar-refractivity contribution in [3.63, 3.8) is 0 Å². The van der Waals surface area contributed by atoms with Gasteiger partial charge in [-0.25, -0.2) is 0 Å². The van der Waals surface area contributed by atoms with E-state index >= 15 is 0 Å². The van der Waals surface area contributed by atoms with Crippen molar-refractivity contribution in [1.29, 1.82) is 0 Å². The molecule has 2 nitrogen and oxygen atoms in total. The predicted octanol–water partition coefficient (Wildman–Crippen LogP) is 4.60. The third kappa shape index (κ3) is 4.66. The molecule has 1 N–H and O–H groups in total. The van der Waals surface area contributed by atoms with E-state index in [-0.39, 0.29) is 0 Å². The maximum atomic E-state index is 5.60.